The van der Waals surface area contributed by atoms with Crippen LogP contribution < -0.4 is 5.32 Å². The van der Waals surface area contributed by atoms with Crippen molar-refractivity contribution in [2.45, 2.75) is 13.5 Å². The smallest absolute Gasteiger partial charge is 0.300 e. The lowest BCUT2D eigenvalue weighted by atomic mass is 10.2. The lowest BCUT2D eigenvalue weighted by Crippen LogP contribution is -2.07. The van der Waals surface area contributed by atoms with Crippen molar-refractivity contribution in [3.8, 4) is 23.8 Å². The van der Waals surface area contributed by atoms with Gasteiger partial charge in [0.1, 0.15) is 11.5 Å². The Labute approximate surface area is 133 Å². The summed E-state index contributed by atoms with van der Waals surface area (Å²) in [4.78, 5) is 15.7. The van der Waals surface area contributed by atoms with Gasteiger partial charge in [0.15, 0.2) is 0 Å². The number of rotatable bonds is 4. The molecule has 0 aliphatic carbocycles. The largest absolute Gasteiger partial charge is 0.441 e. The molecule has 1 amide bonds. The normalized spacial score (nSPS) is 10.3. The number of benzene rings is 1. The molecule has 3 rings (SSSR count). The summed E-state index contributed by atoms with van der Waals surface area (Å²) in [6.07, 6.45) is 8.62. The van der Waals surface area contributed by atoms with E-state index in [0.717, 1.165) is 17.0 Å². The highest BCUT2D eigenvalue weighted by molar-refractivity contribution is 6.03. The van der Waals surface area contributed by atoms with Crippen molar-refractivity contribution in [2.75, 3.05) is 5.32 Å². The Morgan fingerprint density at radius 2 is 2.17 bits per heavy atom. The molecule has 6 nitrogen and oxygen atoms in total. The van der Waals surface area contributed by atoms with Crippen LogP contribution in [0.25, 0.3) is 11.5 Å². The van der Waals surface area contributed by atoms with Crippen LogP contribution >= 0.6 is 0 Å². The Morgan fingerprint density at radius 3 is 2.83 bits per heavy atom. The fraction of sp³-hybridized carbons (Fsp3) is 0.118. The van der Waals surface area contributed by atoms with E-state index in [2.05, 4.69) is 15.4 Å². The molecule has 1 aromatic carbocycles. The molecule has 2 heterocycles. The van der Waals surface area contributed by atoms with Crippen LogP contribution in [-0.4, -0.2) is 20.7 Å². The zero-order chi connectivity index (χ0) is 16.2. The van der Waals surface area contributed by atoms with E-state index in [1.54, 1.807) is 23.0 Å². The first-order valence-corrected chi connectivity index (χ1v) is 6.97. The van der Waals surface area contributed by atoms with Crippen LogP contribution in [0, 0.1) is 19.3 Å². The van der Waals surface area contributed by atoms with Gasteiger partial charge in [-0.25, -0.2) is 4.98 Å². The first-order chi connectivity index (χ1) is 11.2. The van der Waals surface area contributed by atoms with Crippen LogP contribution in [-0.2, 0) is 11.3 Å². The molecule has 114 valence electrons. The number of amides is 1. The first-order valence-electron chi connectivity index (χ1n) is 6.97. The average Bonchev–Trinajstić information content (AvgIpc) is 3.19. The van der Waals surface area contributed by atoms with Crippen LogP contribution in [0.5, 0.6) is 0 Å². The summed E-state index contributed by atoms with van der Waals surface area (Å²) in [6.45, 7) is 2.43. The van der Waals surface area contributed by atoms with E-state index >= 15 is 0 Å². The second-order valence-corrected chi connectivity index (χ2v) is 4.90. The molecule has 0 fully saturated rings. The molecular formula is C17H14N4O2. The van der Waals surface area contributed by atoms with E-state index in [-0.39, 0.29) is 0 Å². The van der Waals surface area contributed by atoms with E-state index in [0.29, 0.717) is 18.1 Å². The predicted molar refractivity (Wildman–Crippen MR) is 85.5 cm³/mol. The summed E-state index contributed by atoms with van der Waals surface area (Å²) in [7, 11) is 0. The Balaban J connectivity index is 1.79. The van der Waals surface area contributed by atoms with Gasteiger partial charge in [0, 0.05) is 23.6 Å². The highest BCUT2D eigenvalue weighted by Gasteiger charge is 2.12. The fourth-order valence-electron chi connectivity index (χ4n) is 2.11. The second-order valence-electron chi connectivity index (χ2n) is 4.90. The Kier molecular flexibility index (Phi) is 3.93. The minimum atomic E-state index is -0.480. The zero-order valence-corrected chi connectivity index (χ0v) is 12.5. The van der Waals surface area contributed by atoms with Gasteiger partial charge in [-0.05, 0) is 43.2 Å². The lowest BCUT2D eigenvalue weighted by molar-refractivity contribution is -0.111. The van der Waals surface area contributed by atoms with Crippen molar-refractivity contribution in [3.63, 3.8) is 0 Å². The number of anilines is 1. The van der Waals surface area contributed by atoms with Crippen molar-refractivity contribution in [3.05, 3.63) is 54.2 Å². The number of terminal acetylenes is 1. The van der Waals surface area contributed by atoms with Gasteiger partial charge in [-0.3, -0.25) is 9.48 Å². The van der Waals surface area contributed by atoms with E-state index in [4.69, 9.17) is 10.8 Å². The number of hydrogen-bond acceptors (Lipinski definition) is 4. The number of nitrogens with one attached hydrogen (secondary N) is 1. The molecule has 0 radical (unpaired) electrons. The Hall–Kier alpha value is -3.33. The molecule has 0 aliphatic rings. The van der Waals surface area contributed by atoms with Gasteiger partial charge in [-0.2, -0.15) is 5.10 Å². The number of carbonyl (C=O) groups is 1. The minimum Gasteiger partial charge on any atom is -0.441 e. The maximum absolute atomic E-state index is 11.1. The van der Waals surface area contributed by atoms with E-state index < -0.39 is 5.91 Å². The van der Waals surface area contributed by atoms with Crippen LogP contribution in [0.2, 0.25) is 0 Å². The number of aryl methyl sites for hydroxylation is 1. The number of carbonyl (C=O) groups excluding carboxylic acids is 1. The molecule has 1 N–H and O–H groups in total. The standard InChI is InChI=1S/C17H14N4O2/c1-3-16(22)19-14-7-5-13(6-8-14)17-20-15(12(2)23-17)11-21-10-4-9-18-21/h1,4-10H,11H2,2H3,(H,19,22). The maximum atomic E-state index is 11.1. The summed E-state index contributed by atoms with van der Waals surface area (Å²) in [5.41, 5.74) is 2.27. The van der Waals surface area contributed by atoms with Crippen molar-refractivity contribution in [1.29, 1.82) is 0 Å². The van der Waals surface area contributed by atoms with Crippen molar-refractivity contribution < 1.29 is 9.21 Å². The second kappa shape index (κ2) is 6.20. The first kappa shape index (κ1) is 14.6. The topological polar surface area (TPSA) is 73.0 Å². The van der Waals surface area contributed by atoms with Gasteiger partial charge < -0.3 is 9.73 Å². The van der Waals surface area contributed by atoms with Crippen molar-refractivity contribution in [2.24, 2.45) is 0 Å². The highest BCUT2D eigenvalue weighted by Crippen LogP contribution is 2.23. The summed E-state index contributed by atoms with van der Waals surface area (Å²) in [5, 5.41) is 6.74. The van der Waals surface area contributed by atoms with Gasteiger partial charge >= 0.3 is 0 Å². The van der Waals surface area contributed by atoms with E-state index in [1.165, 1.54) is 0 Å². The molecule has 0 atom stereocenters. The molecule has 6 heteroatoms. The van der Waals surface area contributed by atoms with Gasteiger partial charge in [0.2, 0.25) is 5.89 Å². The van der Waals surface area contributed by atoms with E-state index in [1.807, 2.05) is 37.2 Å². The quantitative estimate of drug-likeness (QED) is 0.752. The molecule has 3 aromatic rings. The van der Waals surface area contributed by atoms with E-state index in [9.17, 15) is 4.79 Å². The molecule has 0 saturated carbocycles. The molecule has 0 bridgehead atoms. The summed E-state index contributed by atoms with van der Waals surface area (Å²) in [5.74, 6) is 2.80. The highest BCUT2D eigenvalue weighted by atomic mass is 16.4. The summed E-state index contributed by atoms with van der Waals surface area (Å²) < 4.78 is 7.50. The lowest BCUT2D eigenvalue weighted by Gasteiger charge is -2.01. The van der Waals surface area contributed by atoms with Crippen LogP contribution in [0.4, 0.5) is 5.69 Å². The van der Waals surface area contributed by atoms with Crippen molar-refractivity contribution in [1.82, 2.24) is 14.8 Å². The number of aromatic nitrogens is 3. The molecule has 0 unspecified atom stereocenters. The number of oxazole rings is 1. The third-order valence-electron chi connectivity index (χ3n) is 3.28. The molecule has 23 heavy (non-hydrogen) atoms. The Morgan fingerprint density at radius 1 is 1.39 bits per heavy atom. The van der Waals surface area contributed by atoms with Crippen LogP contribution in [0.1, 0.15) is 11.5 Å². The molecule has 0 spiro atoms. The maximum Gasteiger partial charge on any atom is 0.300 e. The van der Waals surface area contributed by atoms with Gasteiger partial charge in [-0.1, -0.05) is 0 Å². The molecule has 0 saturated heterocycles. The number of hydrogen-bond donors (Lipinski definition) is 1. The van der Waals surface area contributed by atoms with Crippen LogP contribution in [0.3, 0.4) is 0 Å². The Bertz CT molecular complexity index is 855. The van der Waals surface area contributed by atoms with Gasteiger partial charge in [-0.15, -0.1) is 6.42 Å². The van der Waals surface area contributed by atoms with Gasteiger partial charge in [0.05, 0.1) is 6.54 Å². The SMILES string of the molecule is C#CC(=O)Nc1ccc(-c2nc(Cn3cccn3)c(C)o2)cc1. The third-order valence-corrected chi connectivity index (χ3v) is 3.28. The molecule has 2 aromatic heterocycles. The third kappa shape index (κ3) is 3.30. The minimum absolute atomic E-state index is 0.480. The monoisotopic (exact) mass is 306 g/mol. The number of nitrogens with zero attached hydrogens (tertiary/aromatic N) is 3. The van der Waals surface area contributed by atoms with Gasteiger partial charge in [0.25, 0.3) is 5.91 Å². The summed E-state index contributed by atoms with van der Waals surface area (Å²) in [6, 6.07) is 8.98. The summed E-state index contributed by atoms with van der Waals surface area (Å²) >= 11 is 0. The molecular weight excluding hydrogens is 292 g/mol. The predicted octanol–water partition coefficient (Wildman–Crippen LogP) is 2.47. The average molecular weight is 306 g/mol. The fourth-order valence-corrected chi connectivity index (χ4v) is 2.11. The van der Waals surface area contributed by atoms with Crippen molar-refractivity contribution >= 4 is 11.6 Å². The van der Waals surface area contributed by atoms with Crippen LogP contribution in [0.15, 0.2) is 47.1 Å². The molecule has 0 aliphatic heterocycles. The zero-order valence-electron chi connectivity index (χ0n) is 12.5.